The number of aromatic nitrogens is 3. The van der Waals surface area contributed by atoms with E-state index >= 15 is 0 Å². The molecule has 0 bridgehead atoms. The topological polar surface area (TPSA) is 77.3 Å². The van der Waals surface area contributed by atoms with Gasteiger partial charge in [0.15, 0.2) is 0 Å². The van der Waals surface area contributed by atoms with E-state index in [-0.39, 0.29) is 17.0 Å². The number of aryl methyl sites for hydroxylation is 1. The number of pyridine rings is 1. The first-order valence-electron chi connectivity index (χ1n) is 10.4. The third kappa shape index (κ3) is 5.65. The molecule has 7 nitrogen and oxygen atoms in total. The Kier molecular flexibility index (Phi) is 7.43. The zero-order chi connectivity index (χ0) is 20.9. The second kappa shape index (κ2) is 9.82. The van der Waals surface area contributed by atoms with E-state index in [1.807, 2.05) is 24.7 Å². The predicted molar refractivity (Wildman–Crippen MR) is 112 cm³/mol. The van der Waals surface area contributed by atoms with Crippen molar-refractivity contribution in [3.8, 4) is 0 Å². The first-order valence-corrected chi connectivity index (χ1v) is 12.1. The molecule has 2 aromatic heterocycles. The van der Waals surface area contributed by atoms with Gasteiger partial charge >= 0.3 is 0 Å². The highest BCUT2D eigenvalue weighted by Gasteiger charge is 2.26. The van der Waals surface area contributed by atoms with E-state index in [4.69, 9.17) is 4.74 Å². The van der Waals surface area contributed by atoms with Crippen molar-refractivity contribution >= 4 is 9.84 Å². The van der Waals surface area contributed by atoms with Gasteiger partial charge < -0.3 is 9.30 Å². The van der Waals surface area contributed by atoms with Crippen molar-refractivity contribution in [2.75, 3.05) is 19.4 Å². The lowest BCUT2D eigenvalue weighted by Crippen LogP contribution is -2.25. The lowest BCUT2D eigenvalue weighted by molar-refractivity contribution is 0.0934. The average Bonchev–Trinajstić information content (AvgIpc) is 3.33. The molecule has 0 aliphatic carbocycles. The maximum atomic E-state index is 12.7. The van der Waals surface area contributed by atoms with Gasteiger partial charge in [-0.25, -0.2) is 13.4 Å². The smallest absolute Gasteiger partial charge is 0.227 e. The summed E-state index contributed by atoms with van der Waals surface area (Å²) in [5.41, 5.74) is 3.10. The van der Waals surface area contributed by atoms with Crippen molar-refractivity contribution in [1.29, 1.82) is 0 Å². The molecule has 0 N–H and O–H groups in total. The second-order valence-electron chi connectivity index (χ2n) is 7.78. The number of hydrogen-bond acceptors (Lipinski definition) is 6. The van der Waals surface area contributed by atoms with Crippen LogP contribution in [0.25, 0.3) is 0 Å². The molecule has 29 heavy (non-hydrogen) atoms. The molecular formula is C21H32N4O3S. The van der Waals surface area contributed by atoms with E-state index < -0.39 is 9.84 Å². The summed E-state index contributed by atoms with van der Waals surface area (Å²) in [7, 11) is -1.39. The summed E-state index contributed by atoms with van der Waals surface area (Å²) in [4.78, 5) is 11.0. The maximum absolute atomic E-state index is 12.7. The van der Waals surface area contributed by atoms with Crippen LogP contribution in [0.5, 0.6) is 0 Å². The quantitative estimate of drug-likeness (QED) is 0.588. The van der Waals surface area contributed by atoms with Crippen LogP contribution in [0.1, 0.15) is 50.1 Å². The molecule has 0 aromatic carbocycles. The van der Waals surface area contributed by atoms with Crippen molar-refractivity contribution in [2.45, 2.75) is 70.4 Å². The third-order valence-corrected chi connectivity index (χ3v) is 7.05. The Hall–Kier alpha value is -1.77. The van der Waals surface area contributed by atoms with E-state index in [2.05, 4.69) is 33.9 Å². The summed E-state index contributed by atoms with van der Waals surface area (Å²) in [6, 6.07) is 4.16. The van der Waals surface area contributed by atoms with Gasteiger partial charge in [-0.1, -0.05) is 19.9 Å². The summed E-state index contributed by atoms with van der Waals surface area (Å²) in [5.74, 6) is 0.110. The van der Waals surface area contributed by atoms with E-state index in [0.29, 0.717) is 26.1 Å². The van der Waals surface area contributed by atoms with Gasteiger partial charge in [-0.05, 0) is 44.4 Å². The highest BCUT2D eigenvalue weighted by Crippen LogP contribution is 2.21. The Balaban J connectivity index is 1.78. The van der Waals surface area contributed by atoms with E-state index in [1.54, 1.807) is 6.20 Å². The van der Waals surface area contributed by atoms with Crippen LogP contribution < -0.4 is 0 Å². The number of ether oxygens (including phenoxy) is 1. The van der Waals surface area contributed by atoms with Crippen LogP contribution in [0.15, 0.2) is 29.7 Å². The van der Waals surface area contributed by atoms with Crippen LogP contribution in [0.3, 0.4) is 0 Å². The molecule has 0 saturated carbocycles. The number of sulfone groups is 1. The lowest BCUT2D eigenvalue weighted by atomic mass is 10.2. The standard InChI is InChI=1S/C21H32N4O3S/c1-4-11-29(26,27)21-23-13-19(25(21)16-20-7-6-10-28-20)15-24(3)14-18-9-8-17(5-2)12-22-18/h8-9,12-13,20H,4-7,10-11,14-16H2,1-3H3. The highest BCUT2D eigenvalue weighted by molar-refractivity contribution is 7.91. The van der Waals surface area contributed by atoms with E-state index in [0.717, 1.165) is 37.3 Å². The van der Waals surface area contributed by atoms with Crippen LogP contribution in [0.2, 0.25) is 0 Å². The molecule has 3 rings (SSSR count). The SMILES string of the molecule is CCCS(=O)(=O)c1ncc(CN(C)Cc2ccc(CC)cn2)n1CC1CCCO1. The van der Waals surface area contributed by atoms with Crippen molar-refractivity contribution < 1.29 is 13.2 Å². The maximum Gasteiger partial charge on any atom is 0.227 e. The summed E-state index contributed by atoms with van der Waals surface area (Å²) in [6.07, 6.45) is 7.18. The highest BCUT2D eigenvalue weighted by atomic mass is 32.2. The zero-order valence-electron chi connectivity index (χ0n) is 17.7. The monoisotopic (exact) mass is 420 g/mol. The molecule has 8 heteroatoms. The fourth-order valence-electron chi connectivity index (χ4n) is 3.68. The molecular weight excluding hydrogens is 388 g/mol. The van der Waals surface area contributed by atoms with Crippen LogP contribution >= 0.6 is 0 Å². The third-order valence-electron chi connectivity index (χ3n) is 5.22. The minimum absolute atomic E-state index is 0.0482. The minimum atomic E-state index is -3.40. The molecule has 1 atom stereocenters. The Morgan fingerprint density at radius 2 is 2.03 bits per heavy atom. The molecule has 1 aliphatic rings. The van der Waals surface area contributed by atoms with E-state index in [1.165, 1.54) is 5.56 Å². The zero-order valence-corrected chi connectivity index (χ0v) is 18.5. The molecule has 0 spiro atoms. The van der Waals surface area contributed by atoms with Gasteiger partial charge in [-0.15, -0.1) is 0 Å². The van der Waals surface area contributed by atoms with Gasteiger partial charge in [0.05, 0.1) is 36.0 Å². The predicted octanol–water partition coefficient (Wildman–Crippen LogP) is 2.84. The fraction of sp³-hybridized carbons (Fsp3) is 0.619. The van der Waals surface area contributed by atoms with Gasteiger partial charge in [0.2, 0.25) is 15.0 Å². The van der Waals surface area contributed by atoms with Gasteiger partial charge in [0.1, 0.15) is 0 Å². The molecule has 1 unspecified atom stereocenters. The average molecular weight is 421 g/mol. The number of imidazole rings is 1. The van der Waals surface area contributed by atoms with Crippen molar-refractivity contribution in [3.63, 3.8) is 0 Å². The Morgan fingerprint density at radius 1 is 1.21 bits per heavy atom. The van der Waals surface area contributed by atoms with E-state index in [9.17, 15) is 8.42 Å². The summed E-state index contributed by atoms with van der Waals surface area (Å²) < 4.78 is 33.1. The van der Waals surface area contributed by atoms with Crippen LogP contribution in [0.4, 0.5) is 0 Å². The number of rotatable bonds is 10. The molecule has 3 heterocycles. The first kappa shape index (κ1) is 21.9. The molecule has 1 fully saturated rings. The van der Waals surface area contributed by atoms with Crippen LogP contribution in [0, 0.1) is 0 Å². The number of nitrogens with zero attached hydrogens (tertiary/aromatic N) is 4. The molecule has 160 valence electrons. The van der Waals surface area contributed by atoms with Crippen LogP contribution in [-0.2, 0) is 40.6 Å². The van der Waals surface area contributed by atoms with Crippen LogP contribution in [-0.4, -0.2) is 53.4 Å². The molecule has 1 aliphatic heterocycles. The van der Waals surface area contributed by atoms with Crippen molar-refractivity contribution in [2.24, 2.45) is 0 Å². The van der Waals surface area contributed by atoms with Gasteiger partial charge in [0, 0.05) is 25.9 Å². The summed E-state index contributed by atoms with van der Waals surface area (Å²) >= 11 is 0. The lowest BCUT2D eigenvalue weighted by Gasteiger charge is -2.20. The molecule has 1 saturated heterocycles. The Bertz CT molecular complexity index is 887. The summed E-state index contributed by atoms with van der Waals surface area (Å²) in [5, 5.41) is 0.170. The Morgan fingerprint density at radius 3 is 2.66 bits per heavy atom. The molecule has 0 amide bonds. The van der Waals surface area contributed by atoms with Crippen molar-refractivity contribution in [3.05, 3.63) is 41.5 Å². The van der Waals surface area contributed by atoms with Gasteiger partial charge in [0.25, 0.3) is 0 Å². The van der Waals surface area contributed by atoms with Crippen molar-refractivity contribution in [1.82, 2.24) is 19.4 Å². The largest absolute Gasteiger partial charge is 0.376 e. The minimum Gasteiger partial charge on any atom is -0.376 e. The summed E-state index contributed by atoms with van der Waals surface area (Å²) in [6.45, 7) is 6.54. The van der Waals surface area contributed by atoms with Gasteiger partial charge in [-0.3, -0.25) is 9.88 Å². The normalized spacial score (nSPS) is 17.3. The molecule has 2 aromatic rings. The number of hydrogen-bond donors (Lipinski definition) is 0. The van der Waals surface area contributed by atoms with Gasteiger partial charge in [-0.2, -0.15) is 0 Å². The second-order valence-corrected chi connectivity index (χ2v) is 9.78. The Labute approximate surface area is 174 Å². The molecule has 0 radical (unpaired) electrons. The first-order chi connectivity index (χ1) is 13.9. The fourth-order valence-corrected chi connectivity index (χ4v) is 5.14.